The van der Waals surface area contributed by atoms with E-state index in [1.807, 2.05) is 0 Å². The first kappa shape index (κ1) is 63.7. The van der Waals surface area contributed by atoms with E-state index >= 15 is 0 Å². The molecule has 1 amide bonds. The zero-order valence-corrected chi connectivity index (χ0v) is 43.2. The van der Waals surface area contributed by atoms with Gasteiger partial charge in [-0.3, -0.25) is 18.6 Å². The highest BCUT2D eigenvalue weighted by Gasteiger charge is 2.28. The first-order valence-corrected chi connectivity index (χ1v) is 28.5. The highest BCUT2D eigenvalue weighted by Crippen LogP contribution is 2.43. The Bertz CT molecular complexity index is 1260. The van der Waals surface area contributed by atoms with E-state index in [0.29, 0.717) is 12.8 Å². The van der Waals surface area contributed by atoms with Crippen LogP contribution < -0.4 is 5.32 Å². The smallest absolute Gasteiger partial charge is 0.472 e. The SMILES string of the molecule is CCCCC/C=C\C/C=C\CCCCCCCCCCCC(=O)NC(COP(=O)(O)OCC(O)COC(=O)CCCCCCCCCCCCCCC/C=C/CCCCCCCC)C(=O)O. The lowest BCUT2D eigenvalue weighted by atomic mass is 10.0. The zero-order chi connectivity index (χ0) is 48.4. The maximum absolute atomic E-state index is 12.4. The van der Waals surface area contributed by atoms with Gasteiger partial charge in [-0.25, -0.2) is 9.36 Å². The Labute approximate surface area is 403 Å². The molecule has 0 aromatic heterocycles. The zero-order valence-electron chi connectivity index (χ0n) is 42.3. The molecule has 4 N–H and O–H groups in total. The molecule has 0 aliphatic rings. The number of carboxylic acids is 1. The number of ether oxygens (including phenoxy) is 1. The summed E-state index contributed by atoms with van der Waals surface area (Å²) in [5.41, 5.74) is 0. The number of nitrogens with one attached hydrogen (secondary N) is 1. The number of phosphoric acid groups is 1. The van der Waals surface area contributed by atoms with E-state index in [9.17, 15) is 34.1 Å². The monoisotopic (exact) mass is 954 g/mol. The van der Waals surface area contributed by atoms with Crippen LogP contribution in [0.4, 0.5) is 0 Å². The average Bonchev–Trinajstić information content (AvgIpc) is 3.29. The maximum Gasteiger partial charge on any atom is 0.472 e. The molecular weight excluding hydrogens is 854 g/mol. The van der Waals surface area contributed by atoms with Crippen molar-refractivity contribution in [2.75, 3.05) is 19.8 Å². The van der Waals surface area contributed by atoms with Crippen LogP contribution in [0.15, 0.2) is 36.5 Å². The molecule has 0 aromatic carbocycles. The number of aliphatic carboxylic acids is 1. The van der Waals surface area contributed by atoms with Crippen molar-refractivity contribution in [3.8, 4) is 0 Å². The third kappa shape index (κ3) is 48.2. The summed E-state index contributed by atoms with van der Waals surface area (Å²) in [5.74, 6) is -2.37. The summed E-state index contributed by atoms with van der Waals surface area (Å²) in [6.45, 7) is 2.61. The molecule has 11 nitrogen and oxygen atoms in total. The van der Waals surface area contributed by atoms with Crippen LogP contribution in [0.3, 0.4) is 0 Å². The Kier molecular flexibility index (Phi) is 47.4. The Hall–Kier alpha value is -2.30. The average molecular weight is 954 g/mol. The van der Waals surface area contributed by atoms with E-state index < -0.39 is 57.6 Å². The molecule has 0 aliphatic heterocycles. The van der Waals surface area contributed by atoms with E-state index in [-0.39, 0.29) is 12.8 Å². The van der Waals surface area contributed by atoms with Gasteiger partial charge in [0.15, 0.2) is 6.04 Å². The third-order valence-corrected chi connectivity index (χ3v) is 12.9. The number of carboxylic acid groups (broad SMARTS) is 1. The fourth-order valence-corrected chi connectivity index (χ4v) is 8.47. The molecule has 3 atom stereocenters. The molecule has 0 saturated carbocycles. The third-order valence-electron chi connectivity index (χ3n) is 11.9. The lowest BCUT2D eigenvalue weighted by molar-refractivity contribution is -0.147. The van der Waals surface area contributed by atoms with Gasteiger partial charge < -0.3 is 25.2 Å². The van der Waals surface area contributed by atoms with Crippen molar-refractivity contribution in [2.45, 2.75) is 270 Å². The fraction of sp³-hybridized carbons (Fsp3) is 0.833. The Morgan fingerprint density at radius 1 is 0.485 bits per heavy atom. The van der Waals surface area contributed by atoms with Crippen LogP contribution in [0.1, 0.15) is 258 Å². The van der Waals surface area contributed by atoms with E-state index in [2.05, 4.69) is 55.6 Å². The van der Waals surface area contributed by atoms with Crippen molar-refractivity contribution in [1.29, 1.82) is 0 Å². The van der Waals surface area contributed by atoms with Crippen LogP contribution in [0.5, 0.6) is 0 Å². The summed E-state index contributed by atoms with van der Waals surface area (Å²) in [4.78, 5) is 46.2. The van der Waals surface area contributed by atoms with Crippen molar-refractivity contribution in [3.05, 3.63) is 36.5 Å². The molecule has 0 heterocycles. The van der Waals surface area contributed by atoms with Gasteiger partial charge in [0.25, 0.3) is 0 Å². The summed E-state index contributed by atoms with van der Waals surface area (Å²) in [5, 5.41) is 21.9. The summed E-state index contributed by atoms with van der Waals surface area (Å²) in [7, 11) is -4.76. The van der Waals surface area contributed by atoms with Crippen molar-refractivity contribution in [2.24, 2.45) is 0 Å². The van der Waals surface area contributed by atoms with Gasteiger partial charge in [0.1, 0.15) is 12.7 Å². The van der Waals surface area contributed by atoms with Gasteiger partial charge in [0, 0.05) is 12.8 Å². The van der Waals surface area contributed by atoms with Crippen molar-refractivity contribution in [1.82, 2.24) is 5.32 Å². The van der Waals surface area contributed by atoms with Gasteiger partial charge in [-0.05, 0) is 70.6 Å². The van der Waals surface area contributed by atoms with Crippen LogP contribution in [0.2, 0.25) is 0 Å². The molecule has 0 radical (unpaired) electrons. The molecule has 66 heavy (non-hydrogen) atoms. The Morgan fingerprint density at radius 3 is 1.27 bits per heavy atom. The largest absolute Gasteiger partial charge is 0.480 e. The van der Waals surface area contributed by atoms with Crippen molar-refractivity contribution < 1.29 is 47.8 Å². The molecule has 0 fully saturated rings. The van der Waals surface area contributed by atoms with Gasteiger partial charge >= 0.3 is 19.8 Å². The number of aliphatic hydroxyl groups is 1. The van der Waals surface area contributed by atoms with Gasteiger partial charge in [-0.15, -0.1) is 0 Å². The topological polar surface area (TPSA) is 169 Å². The fourth-order valence-electron chi connectivity index (χ4n) is 7.70. The summed E-state index contributed by atoms with van der Waals surface area (Å²) in [6.07, 6.45) is 55.9. The van der Waals surface area contributed by atoms with E-state index in [1.54, 1.807) is 0 Å². The number of allylic oxidation sites excluding steroid dienone is 6. The number of amides is 1. The van der Waals surface area contributed by atoms with Crippen LogP contribution in [0, 0.1) is 0 Å². The van der Waals surface area contributed by atoms with Crippen molar-refractivity contribution >= 4 is 25.7 Å². The number of carbonyl (C=O) groups is 3. The van der Waals surface area contributed by atoms with Crippen LogP contribution in [-0.4, -0.2) is 64.9 Å². The molecule has 0 aromatic rings. The molecule has 0 saturated heterocycles. The first-order valence-electron chi connectivity index (χ1n) is 27.0. The molecule has 0 rings (SSSR count). The minimum atomic E-state index is -4.76. The molecule has 0 aliphatic carbocycles. The van der Waals surface area contributed by atoms with Gasteiger partial charge in [-0.2, -0.15) is 0 Å². The number of aliphatic hydroxyl groups excluding tert-OH is 1. The number of phosphoric ester groups is 1. The predicted octanol–water partition coefficient (Wildman–Crippen LogP) is 15.1. The summed E-state index contributed by atoms with van der Waals surface area (Å²) in [6, 6.07) is -1.55. The molecule has 0 spiro atoms. The minimum Gasteiger partial charge on any atom is -0.480 e. The second-order valence-electron chi connectivity index (χ2n) is 18.4. The lowest BCUT2D eigenvalue weighted by Crippen LogP contribution is -2.43. The lowest BCUT2D eigenvalue weighted by Gasteiger charge is -2.18. The predicted molar refractivity (Wildman–Crippen MR) is 272 cm³/mol. The van der Waals surface area contributed by atoms with E-state index in [4.69, 9.17) is 13.8 Å². The van der Waals surface area contributed by atoms with Crippen LogP contribution >= 0.6 is 7.82 Å². The van der Waals surface area contributed by atoms with Crippen LogP contribution in [-0.2, 0) is 32.7 Å². The molecule has 12 heteroatoms. The van der Waals surface area contributed by atoms with Gasteiger partial charge in [0.2, 0.25) is 5.91 Å². The van der Waals surface area contributed by atoms with E-state index in [0.717, 1.165) is 57.8 Å². The number of hydrogen-bond acceptors (Lipinski definition) is 8. The number of hydrogen-bond donors (Lipinski definition) is 4. The van der Waals surface area contributed by atoms with E-state index in [1.165, 1.54) is 161 Å². The van der Waals surface area contributed by atoms with Gasteiger partial charge in [-0.1, -0.05) is 211 Å². The Morgan fingerprint density at radius 2 is 0.833 bits per heavy atom. The second-order valence-corrected chi connectivity index (χ2v) is 19.9. The van der Waals surface area contributed by atoms with Crippen molar-refractivity contribution in [3.63, 3.8) is 0 Å². The molecule has 3 unspecified atom stereocenters. The number of rotatable bonds is 51. The Balaban J connectivity index is 3.78. The summed E-state index contributed by atoms with van der Waals surface area (Å²) < 4.78 is 27.0. The highest BCUT2D eigenvalue weighted by atomic mass is 31.2. The van der Waals surface area contributed by atoms with Crippen LogP contribution in [0.25, 0.3) is 0 Å². The molecule has 386 valence electrons. The first-order chi connectivity index (χ1) is 32.1. The number of esters is 1. The van der Waals surface area contributed by atoms with Gasteiger partial charge in [0.05, 0.1) is 13.2 Å². The standard InChI is InChI=1S/C54H100NO10P/c1-3-5-7-9-11-13-15-17-19-21-23-24-25-26-28-30-32-34-36-38-40-42-44-46-53(58)63-47-50(56)48-64-66(61,62)65-49-51(54(59)60)55-52(57)45-43-41-39-37-35-33-31-29-27-22-20-18-16-14-12-10-8-6-4-2/h12,14,17-20,50-51,56H,3-11,13,15-16,21-49H2,1-2H3,(H,55,57)(H,59,60)(H,61,62)/b14-12-,19-17+,20-18-. The molecular formula is C54H100NO10P. The molecule has 0 bridgehead atoms. The summed E-state index contributed by atoms with van der Waals surface area (Å²) >= 11 is 0. The second kappa shape index (κ2) is 49.1. The number of carbonyl (C=O) groups excluding carboxylic acids is 2. The normalized spacial score (nSPS) is 13.8. The maximum atomic E-state index is 12.4. The highest BCUT2D eigenvalue weighted by molar-refractivity contribution is 7.47. The number of unbranched alkanes of at least 4 members (excludes halogenated alkanes) is 31. The quantitative estimate of drug-likeness (QED) is 0.0199. The minimum absolute atomic E-state index is 0.142.